The molecule has 0 bridgehead atoms. The molecular weight excluding hydrogens is 170 g/mol. The summed E-state index contributed by atoms with van der Waals surface area (Å²) < 4.78 is 7.83. The Balaban J connectivity index is 2.45. The van der Waals surface area contributed by atoms with Crippen LogP contribution >= 0.6 is 0 Å². The third-order valence-corrected chi connectivity index (χ3v) is 1.41. The van der Waals surface area contributed by atoms with Crippen molar-refractivity contribution in [3.8, 4) is 0 Å². The Bertz CT molecular complexity index is 337. The summed E-state index contributed by atoms with van der Waals surface area (Å²) in [5.41, 5.74) is 0. The number of imidazole rings is 1. The van der Waals surface area contributed by atoms with Crippen LogP contribution < -0.4 is 4.57 Å². The molecule has 0 aliphatic rings. The number of hydrogen-bond donors (Lipinski definition) is 0. The number of carbonyl (C=O) groups is 1. The van der Waals surface area contributed by atoms with Gasteiger partial charge in [0.15, 0.2) is 6.61 Å². The number of ether oxygens (including phenoxy) is 1. The topological polar surface area (TPSA) is 39.5 Å². The smallest absolute Gasteiger partial charge is 0.423 e. The lowest BCUT2D eigenvalue weighted by Crippen LogP contribution is -2.25. The molecule has 68 valence electrons. The predicted octanol–water partition coefficient (Wildman–Crippen LogP) is 0.217. The van der Waals surface area contributed by atoms with E-state index in [0.29, 0.717) is 0 Å². The van der Waals surface area contributed by atoms with Gasteiger partial charge in [-0.15, -0.1) is 4.57 Å². The summed E-state index contributed by atoms with van der Waals surface area (Å²) in [6, 6.07) is 0. The summed E-state index contributed by atoms with van der Waals surface area (Å²) in [7, 11) is 1.81. The maximum Gasteiger partial charge on any atom is 0.511 e. The molecule has 0 saturated carbocycles. The molecule has 1 heterocycles. The number of rotatable bonds is 2. The fourth-order valence-corrected chi connectivity index (χ4v) is 0.811. The molecule has 13 heavy (non-hydrogen) atoms. The first-order valence-electron chi connectivity index (χ1n) is 3.77. The second kappa shape index (κ2) is 4.26. The standard InChI is InChI=1S/C8H10N3O2/c1-9-3-6-13-8(12)11-5-4-10(2)7-11/h4-5,7H,3,6H2,2H3/q+1. The molecule has 1 rings (SSSR count). The van der Waals surface area contributed by atoms with Crippen molar-refractivity contribution in [3.63, 3.8) is 0 Å². The minimum absolute atomic E-state index is 0.143. The molecule has 0 aliphatic carbocycles. The van der Waals surface area contributed by atoms with Gasteiger partial charge >= 0.3 is 6.09 Å². The van der Waals surface area contributed by atoms with E-state index < -0.39 is 6.09 Å². The van der Waals surface area contributed by atoms with Gasteiger partial charge in [0.25, 0.3) is 6.33 Å². The SMILES string of the molecule is [C-]#[N+]CCOC(=O)n1cc[n+](C)c1. The van der Waals surface area contributed by atoms with Crippen LogP contribution in [-0.4, -0.2) is 23.8 Å². The lowest BCUT2D eigenvalue weighted by atomic mass is 10.7. The van der Waals surface area contributed by atoms with Crippen LogP contribution in [0, 0.1) is 6.57 Å². The third kappa shape index (κ3) is 2.60. The fraction of sp³-hybridized carbons (Fsp3) is 0.375. The number of aromatic nitrogens is 2. The van der Waals surface area contributed by atoms with Crippen molar-refractivity contribution in [1.29, 1.82) is 0 Å². The van der Waals surface area contributed by atoms with E-state index in [9.17, 15) is 4.79 Å². The van der Waals surface area contributed by atoms with Gasteiger partial charge in [-0.3, -0.25) is 0 Å². The molecule has 0 amide bonds. The van der Waals surface area contributed by atoms with Crippen LogP contribution in [0.2, 0.25) is 0 Å². The molecule has 1 aromatic heterocycles. The van der Waals surface area contributed by atoms with Crippen LogP contribution in [-0.2, 0) is 11.8 Å². The quantitative estimate of drug-likeness (QED) is 0.371. The predicted molar refractivity (Wildman–Crippen MR) is 43.8 cm³/mol. The van der Waals surface area contributed by atoms with Gasteiger partial charge < -0.3 is 9.58 Å². The zero-order valence-corrected chi connectivity index (χ0v) is 7.30. The average Bonchev–Trinajstić information content (AvgIpc) is 2.52. The minimum atomic E-state index is -0.454. The number of nitrogens with zero attached hydrogens (tertiary/aromatic N) is 3. The monoisotopic (exact) mass is 180 g/mol. The normalized spacial score (nSPS) is 9.23. The second-order valence-corrected chi connectivity index (χ2v) is 2.48. The Morgan fingerprint density at radius 2 is 2.54 bits per heavy atom. The van der Waals surface area contributed by atoms with Crippen molar-refractivity contribution < 1.29 is 14.1 Å². The Morgan fingerprint density at radius 1 is 1.77 bits per heavy atom. The van der Waals surface area contributed by atoms with Crippen molar-refractivity contribution >= 4 is 6.09 Å². The van der Waals surface area contributed by atoms with Gasteiger partial charge in [-0.1, -0.05) is 0 Å². The molecule has 0 aromatic carbocycles. The molecule has 0 radical (unpaired) electrons. The van der Waals surface area contributed by atoms with E-state index in [0.717, 1.165) is 0 Å². The lowest BCUT2D eigenvalue weighted by molar-refractivity contribution is -0.670. The van der Waals surface area contributed by atoms with Crippen molar-refractivity contribution in [2.24, 2.45) is 7.05 Å². The minimum Gasteiger partial charge on any atom is -0.423 e. The molecule has 0 N–H and O–H groups in total. The van der Waals surface area contributed by atoms with Gasteiger partial charge in [-0.2, -0.15) is 4.79 Å². The molecular formula is C8H10N3O2+. The second-order valence-electron chi connectivity index (χ2n) is 2.48. The number of hydrogen-bond acceptors (Lipinski definition) is 2. The van der Waals surface area contributed by atoms with Crippen LogP contribution in [0.1, 0.15) is 0 Å². The molecule has 1 aromatic rings. The van der Waals surface area contributed by atoms with Crippen molar-refractivity contribution in [2.75, 3.05) is 13.2 Å². The first-order chi connectivity index (χ1) is 6.24. The summed E-state index contributed by atoms with van der Waals surface area (Å²) in [6.45, 7) is 6.83. The molecule has 0 spiro atoms. The van der Waals surface area contributed by atoms with Gasteiger partial charge in [-0.25, -0.2) is 11.1 Å². The first-order valence-corrected chi connectivity index (χ1v) is 3.77. The average molecular weight is 180 g/mol. The van der Waals surface area contributed by atoms with Crippen molar-refractivity contribution in [2.45, 2.75) is 0 Å². The number of carbonyl (C=O) groups excluding carboxylic acids is 1. The van der Waals surface area contributed by atoms with E-state index in [1.165, 1.54) is 4.57 Å². The van der Waals surface area contributed by atoms with E-state index >= 15 is 0 Å². The van der Waals surface area contributed by atoms with Gasteiger partial charge in [-0.05, 0) is 0 Å². The summed E-state index contributed by atoms with van der Waals surface area (Å²) in [5, 5.41) is 0. The Labute approximate surface area is 76.0 Å². The summed E-state index contributed by atoms with van der Waals surface area (Å²) in [6.07, 6.45) is 4.47. The molecule has 5 heteroatoms. The molecule has 0 saturated heterocycles. The zero-order chi connectivity index (χ0) is 9.68. The summed E-state index contributed by atoms with van der Waals surface area (Å²) in [4.78, 5) is 14.2. The van der Waals surface area contributed by atoms with Gasteiger partial charge in [0, 0.05) is 0 Å². The van der Waals surface area contributed by atoms with E-state index in [4.69, 9.17) is 11.3 Å². The third-order valence-electron chi connectivity index (χ3n) is 1.41. The Hall–Kier alpha value is -1.83. The molecule has 5 nitrogen and oxygen atoms in total. The molecule has 0 fully saturated rings. The van der Waals surface area contributed by atoms with Crippen molar-refractivity contribution in [3.05, 3.63) is 30.1 Å². The van der Waals surface area contributed by atoms with Crippen LogP contribution in [0.4, 0.5) is 4.79 Å². The van der Waals surface area contributed by atoms with Crippen LogP contribution in [0.5, 0.6) is 0 Å². The van der Waals surface area contributed by atoms with E-state index in [-0.39, 0.29) is 13.2 Å². The largest absolute Gasteiger partial charge is 0.511 e. The highest BCUT2D eigenvalue weighted by Crippen LogP contribution is 1.88. The van der Waals surface area contributed by atoms with E-state index in [1.807, 2.05) is 7.05 Å². The maximum absolute atomic E-state index is 11.2. The van der Waals surface area contributed by atoms with Gasteiger partial charge in [0.2, 0.25) is 6.54 Å². The maximum atomic E-state index is 11.2. The Kier molecular flexibility index (Phi) is 3.03. The van der Waals surface area contributed by atoms with E-state index in [2.05, 4.69) is 4.85 Å². The van der Waals surface area contributed by atoms with E-state index in [1.54, 1.807) is 23.3 Å². The highest BCUT2D eigenvalue weighted by molar-refractivity contribution is 5.69. The fourth-order valence-electron chi connectivity index (χ4n) is 0.811. The van der Waals surface area contributed by atoms with Gasteiger partial charge in [0.1, 0.15) is 12.4 Å². The molecule has 0 unspecified atom stereocenters. The molecule has 0 atom stereocenters. The number of aryl methyl sites for hydroxylation is 1. The Morgan fingerprint density at radius 3 is 3.08 bits per heavy atom. The lowest BCUT2D eigenvalue weighted by Gasteiger charge is -1.94. The van der Waals surface area contributed by atoms with Crippen LogP contribution in [0.25, 0.3) is 4.85 Å². The zero-order valence-electron chi connectivity index (χ0n) is 7.30. The molecule has 0 aliphatic heterocycles. The summed E-state index contributed by atoms with van der Waals surface area (Å²) in [5.74, 6) is 0. The highest BCUT2D eigenvalue weighted by Gasteiger charge is 2.12. The summed E-state index contributed by atoms with van der Waals surface area (Å²) >= 11 is 0. The van der Waals surface area contributed by atoms with Gasteiger partial charge in [0.05, 0.1) is 7.05 Å². The van der Waals surface area contributed by atoms with Crippen LogP contribution in [0.3, 0.4) is 0 Å². The highest BCUT2D eigenvalue weighted by atomic mass is 16.5. The van der Waals surface area contributed by atoms with Crippen molar-refractivity contribution in [1.82, 2.24) is 4.57 Å². The van der Waals surface area contributed by atoms with Crippen LogP contribution in [0.15, 0.2) is 18.7 Å². The first kappa shape index (κ1) is 9.26.